The molecule has 0 aromatic heterocycles. The third-order valence-corrected chi connectivity index (χ3v) is 3.57. The molecule has 3 heteroatoms. The minimum Gasteiger partial charge on any atom is -0.378 e. The van der Waals surface area contributed by atoms with E-state index in [0.29, 0.717) is 5.41 Å². The molecular weight excluding hydrogens is 190 g/mol. The summed E-state index contributed by atoms with van der Waals surface area (Å²) in [5, 5.41) is 0.343. The maximum Gasteiger partial charge on any atom is 0.136 e. The Hall–Kier alpha value is -1.09. The van der Waals surface area contributed by atoms with Crippen molar-refractivity contribution < 1.29 is 4.79 Å². The summed E-state index contributed by atoms with van der Waals surface area (Å²) < 4.78 is 0. The summed E-state index contributed by atoms with van der Waals surface area (Å²) in [5.74, 6) is 0. The average Bonchev–Trinajstić information content (AvgIpc) is 2.16. The molecule has 0 saturated carbocycles. The number of hydrogen-bond acceptors (Lipinski definition) is 2. The van der Waals surface area contributed by atoms with E-state index in [4.69, 9.17) is 0 Å². The lowest BCUT2D eigenvalue weighted by Gasteiger charge is -2.12. The van der Waals surface area contributed by atoms with Crippen molar-refractivity contribution in [3.05, 3.63) is 29.8 Å². The van der Waals surface area contributed by atoms with Crippen molar-refractivity contribution in [1.29, 1.82) is 0 Å². The zero-order chi connectivity index (χ0) is 10.7. The van der Waals surface area contributed by atoms with Crippen LogP contribution >= 0.6 is 0 Å². The number of carbonyl (C=O) groups is 1. The molecule has 0 fully saturated rings. The highest BCUT2D eigenvalue weighted by Crippen LogP contribution is 2.13. The van der Waals surface area contributed by atoms with Gasteiger partial charge in [0.15, 0.2) is 0 Å². The van der Waals surface area contributed by atoms with E-state index in [1.165, 1.54) is 0 Å². The van der Waals surface area contributed by atoms with Crippen molar-refractivity contribution in [2.24, 2.45) is 0 Å². The van der Waals surface area contributed by atoms with Crippen molar-refractivity contribution in [3.8, 4) is 0 Å². The Bertz CT molecular complexity index is 317. The summed E-state index contributed by atoms with van der Waals surface area (Å²) in [7, 11) is 2.80. The second kappa shape index (κ2) is 4.42. The average molecular weight is 207 g/mol. The van der Waals surface area contributed by atoms with Gasteiger partial charge in [0.25, 0.3) is 0 Å². The van der Waals surface area contributed by atoms with Crippen LogP contribution in [0.15, 0.2) is 24.3 Å². The molecule has 0 aliphatic carbocycles. The molecule has 0 bridgehead atoms. The van der Waals surface area contributed by atoms with Gasteiger partial charge in [0.05, 0.1) is 0 Å². The normalized spacial score (nSPS) is 10.4. The molecule has 0 amide bonds. The first-order valence-electron chi connectivity index (χ1n) is 4.84. The van der Waals surface area contributed by atoms with Crippen LogP contribution in [0.2, 0.25) is 13.1 Å². The molecule has 76 valence electrons. The SMILES string of the molecule is CN(C)c1ccc(C(=O)[SiH](C)C)cc1. The first-order chi connectivity index (χ1) is 6.52. The highest BCUT2D eigenvalue weighted by Gasteiger charge is 2.10. The predicted octanol–water partition coefficient (Wildman–Crippen LogP) is 1.96. The van der Waals surface area contributed by atoms with E-state index in [1.54, 1.807) is 0 Å². The van der Waals surface area contributed by atoms with Crippen molar-refractivity contribution in [2.75, 3.05) is 19.0 Å². The molecule has 1 aromatic rings. The third-order valence-electron chi connectivity index (χ3n) is 2.19. The molecule has 0 aliphatic rings. The van der Waals surface area contributed by atoms with Crippen molar-refractivity contribution in [2.45, 2.75) is 13.1 Å². The van der Waals surface area contributed by atoms with Gasteiger partial charge in [-0.15, -0.1) is 0 Å². The molecule has 0 atom stereocenters. The van der Waals surface area contributed by atoms with Crippen LogP contribution in [0.25, 0.3) is 0 Å². The number of carbonyl (C=O) groups excluding carboxylic acids is 1. The van der Waals surface area contributed by atoms with Crippen molar-refractivity contribution >= 4 is 19.9 Å². The summed E-state index contributed by atoms with van der Waals surface area (Å²) >= 11 is 0. The van der Waals surface area contributed by atoms with Crippen molar-refractivity contribution in [1.82, 2.24) is 0 Å². The highest BCUT2D eigenvalue weighted by molar-refractivity contribution is 6.90. The predicted molar refractivity (Wildman–Crippen MR) is 64.0 cm³/mol. The lowest BCUT2D eigenvalue weighted by molar-refractivity contribution is 0.107. The first-order valence-corrected chi connectivity index (χ1v) is 7.72. The lowest BCUT2D eigenvalue weighted by Crippen LogP contribution is -2.17. The van der Waals surface area contributed by atoms with Crippen LogP contribution in [-0.4, -0.2) is 28.3 Å². The number of benzene rings is 1. The van der Waals surface area contributed by atoms with Gasteiger partial charge in [-0.1, -0.05) is 13.1 Å². The topological polar surface area (TPSA) is 20.3 Å². The van der Waals surface area contributed by atoms with Gasteiger partial charge in [-0.25, -0.2) is 0 Å². The van der Waals surface area contributed by atoms with Gasteiger partial charge in [0, 0.05) is 25.3 Å². The lowest BCUT2D eigenvalue weighted by atomic mass is 10.2. The first kappa shape index (κ1) is 11.0. The third kappa shape index (κ3) is 2.45. The van der Waals surface area contributed by atoms with Crippen LogP contribution in [-0.2, 0) is 0 Å². The maximum absolute atomic E-state index is 11.7. The minimum absolute atomic E-state index is 0.343. The Morgan fingerprint density at radius 2 is 1.64 bits per heavy atom. The van der Waals surface area contributed by atoms with Gasteiger partial charge in [-0.05, 0) is 24.3 Å². The quantitative estimate of drug-likeness (QED) is 0.706. The summed E-state index contributed by atoms with van der Waals surface area (Å²) in [6, 6.07) is 7.82. The van der Waals surface area contributed by atoms with Crippen LogP contribution in [0.5, 0.6) is 0 Å². The Kier molecular flexibility index (Phi) is 3.47. The molecule has 0 saturated heterocycles. The molecular formula is C11H17NOSi. The fourth-order valence-electron chi connectivity index (χ4n) is 1.26. The fraction of sp³-hybridized carbons (Fsp3) is 0.364. The van der Waals surface area contributed by atoms with E-state index in [1.807, 2.05) is 43.3 Å². The molecule has 1 aromatic carbocycles. The van der Waals surface area contributed by atoms with E-state index in [-0.39, 0.29) is 0 Å². The van der Waals surface area contributed by atoms with Gasteiger partial charge < -0.3 is 9.69 Å². The Labute approximate surface area is 87.2 Å². The Morgan fingerprint density at radius 3 is 2.00 bits per heavy atom. The zero-order valence-electron chi connectivity index (χ0n) is 9.24. The van der Waals surface area contributed by atoms with Gasteiger partial charge in [-0.3, -0.25) is 0 Å². The zero-order valence-corrected chi connectivity index (χ0v) is 10.4. The van der Waals surface area contributed by atoms with E-state index < -0.39 is 8.80 Å². The molecule has 0 heterocycles. The molecule has 2 nitrogen and oxygen atoms in total. The summed E-state index contributed by atoms with van der Waals surface area (Å²) in [4.78, 5) is 13.7. The van der Waals surface area contributed by atoms with Crippen LogP contribution < -0.4 is 4.90 Å². The largest absolute Gasteiger partial charge is 0.378 e. The molecule has 0 aliphatic heterocycles. The summed E-state index contributed by atoms with van der Waals surface area (Å²) in [5.41, 5.74) is 1.99. The number of nitrogens with zero attached hydrogens (tertiary/aromatic N) is 1. The molecule has 0 radical (unpaired) electrons. The highest BCUT2D eigenvalue weighted by atomic mass is 28.3. The number of rotatable bonds is 3. The minimum atomic E-state index is -1.18. The van der Waals surface area contributed by atoms with Gasteiger partial charge >= 0.3 is 0 Å². The maximum atomic E-state index is 11.7. The van der Waals surface area contributed by atoms with Crippen LogP contribution in [0.4, 0.5) is 5.69 Å². The smallest absolute Gasteiger partial charge is 0.136 e. The van der Waals surface area contributed by atoms with E-state index in [2.05, 4.69) is 13.1 Å². The summed E-state index contributed by atoms with van der Waals surface area (Å²) in [6.45, 7) is 4.12. The number of hydrogen-bond donors (Lipinski definition) is 0. The van der Waals surface area contributed by atoms with E-state index >= 15 is 0 Å². The molecule has 0 unspecified atom stereocenters. The van der Waals surface area contributed by atoms with Crippen LogP contribution in [0, 0.1) is 0 Å². The second-order valence-corrected chi connectivity index (χ2v) is 6.79. The van der Waals surface area contributed by atoms with Crippen molar-refractivity contribution in [3.63, 3.8) is 0 Å². The standard InChI is InChI=1S/C11H17NOSi/c1-12(2)10-7-5-9(6-8-10)11(13)14(3)4/h5-8,14H,1-4H3. The monoisotopic (exact) mass is 207 g/mol. The Balaban J connectivity index is 2.89. The van der Waals surface area contributed by atoms with Crippen LogP contribution in [0.3, 0.4) is 0 Å². The van der Waals surface area contributed by atoms with Gasteiger partial charge in [-0.2, -0.15) is 0 Å². The molecule has 0 spiro atoms. The summed E-state index contributed by atoms with van der Waals surface area (Å²) in [6.07, 6.45) is 0. The fourth-order valence-corrected chi connectivity index (χ4v) is 2.12. The number of anilines is 1. The van der Waals surface area contributed by atoms with E-state index in [0.717, 1.165) is 11.3 Å². The van der Waals surface area contributed by atoms with Crippen LogP contribution in [0.1, 0.15) is 10.4 Å². The van der Waals surface area contributed by atoms with E-state index in [9.17, 15) is 4.79 Å². The molecule has 0 N–H and O–H groups in total. The molecule has 1 rings (SSSR count). The Morgan fingerprint density at radius 1 is 1.14 bits per heavy atom. The van der Waals surface area contributed by atoms with Gasteiger partial charge in [0.1, 0.15) is 14.2 Å². The van der Waals surface area contributed by atoms with Gasteiger partial charge in [0.2, 0.25) is 0 Å². The molecule has 14 heavy (non-hydrogen) atoms. The second-order valence-electron chi connectivity index (χ2n) is 3.96.